The summed E-state index contributed by atoms with van der Waals surface area (Å²) in [7, 11) is -4.13. The van der Waals surface area contributed by atoms with E-state index in [0.717, 1.165) is 11.6 Å². The van der Waals surface area contributed by atoms with Crippen LogP contribution in [0.2, 0.25) is 5.02 Å². The van der Waals surface area contributed by atoms with Crippen LogP contribution in [0.15, 0.2) is 59.8 Å². The normalized spacial score (nSPS) is 24.2. The van der Waals surface area contributed by atoms with Gasteiger partial charge in [-0.05, 0) is 61.4 Å². The van der Waals surface area contributed by atoms with Crippen molar-refractivity contribution in [2.75, 3.05) is 11.9 Å². The van der Waals surface area contributed by atoms with Crippen LogP contribution in [0.25, 0.3) is 0 Å². The number of aliphatic hydroxyl groups is 1. The Morgan fingerprint density at radius 1 is 1.12 bits per heavy atom. The number of nitrogens with one attached hydrogen (secondary N) is 1. The van der Waals surface area contributed by atoms with E-state index in [4.69, 9.17) is 16.3 Å². The standard InChI is InChI=1S/C28H26ClF3N2O5S/c29-21-6-4-18(27(35)34-19-11-22(30)25(32)23(31)12-19)10-24(21)40(37,38)26-17-3-5-20(26)28(36,8-7-17)15-39-14-16-2-1-9-33-13-16/h1-2,4,6,9-13,17,20,26,36H,3,5,7-8,14-15H2,(H,34,35)/t17?,20?,26-,28-/m1/s1. The number of halogens is 4. The van der Waals surface area contributed by atoms with E-state index in [9.17, 15) is 31.5 Å². The lowest BCUT2D eigenvalue weighted by molar-refractivity contribution is -0.103. The smallest absolute Gasteiger partial charge is 0.255 e. The number of ether oxygens (including phenoxy) is 1. The molecule has 5 rings (SSSR count). The van der Waals surface area contributed by atoms with E-state index in [1.807, 2.05) is 6.07 Å². The fourth-order valence-electron chi connectivity index (χ4n) is 5.87. The number of fused-ring (bicyclic) bond motifs is 2. The number of carbonyl (C=O) groups is 1. The van der Waals surface area contributed by atoms with Crippen molar-refractivity contribution in [3.63, 3.8) is 0 Å². The molecule has 12 heteroatoms. The van der Waals surface area contributed by atoms with Crippen molar-refractivity contribution in [3.05, 3.63) is 88.5 Å². The molecule has 4 atom stereocenters. The molecule has 3 aromatic rings. The number of aromatic nitrogens is 1. The summed E-state index contributed by atoms with van der Waals surface area (Å²) in [5.74, 6) is -6.33. The zero-order chi connectivity index (χ0) is 28.7. The second-order valence-corrected chi connectivity index (χ2v) is 12.8. The lowest BCUT2D eigenvalue weighted by atomic mass is 9.76. The van der Waals surface area contributed by atoms with Gasteiger partial charge < -0.3 is 15.2 Å². The van der Waals surface area contributed by atoms with E-state index in [1.54, 1.807) is 18.5 Å². The molecule has 2 aliphatic carbocycles. The molecule has 1 aromatic heterocycles. The number of hydrogen-bond acceptors (Lipinski definition) is 6. The lowest BCUT2D eigenvalue weighted by Crippen LogP contribution is -2.52. The average Bonchev–Trinajstić information content (AvgIpc) is 3.30. The van der Waals surface area contributed by atoms with Crippen LogP contribution in [-0.4, -0.2) is 41.9 Å². The molecule has 2 aromatic carbocycles. The summed E-state index contributed by atoms with van der Waals surface area (Å²) < 4.78 is 74.2. The summed E-state index contributed by atoms with van der Waals surface area (Å²) in [5.41, 5.74) is -1.03. The fraction of sp³-hybridized carbons (Fsp3) is 0.357. The van der Waals surface area contributed by atoms with Gasteiger partial charge in [-0.3, -0.25) is 9.78 Å². The van der Waals surface area contributed by atoms with E-state index in [-0.39, 0.29) is 40.3 Å². The number of rotatable bonds is 8. The Hall–Kier alpha value is -2.99. The summed E-state index contributed by atoms with van der Waals surface area (Å²) in [5, 5.41) is 12.8. The van der Waals surface area contributed by atoms with Gasteiger partial charge in [-0.15, -0.1) is 0 Å². The minimum absolute atomic E-state index is 0.0493. The summed E-state index contributed by atoms with van der Waals surface area (Å²) in [6.45, 7) is 0.167. The Morgan fingerprint density at radius 2 is 1.88 bits per heavy atom. The van der Waals surface area contributed by atoms with Gasteiger partial charge in [0.15, 0.2) is 27.3 Å². The van der Waals surface area contributed by atoms with E-state index >= 15 is 0 Å². The second kappa shape index (κ2) is 11.1. The van der Waals surface area contributed by atoms with Crippen LogP contribution in [-0.2, 0) is 21.2 Å². The van der Waals surface area contributed by atoms with Crippen LogP contribution in [0.5, 0.6) is 0 Å². The summed E-state index contributed by atoms with van der Waals surface area (Å²) in [6, 6.07) is 8.46. The molecule has 2 saturated carbocycles. The molecule has 1 heterocycles. The third-order valence-corrected chi connectivity index (χ3v) is 10.6. The molecule has 0 saturated heterocycles. The average molecular weight is 595 g/mol. The first-order valence-electron chi connectivity index (χ1n) is 12.7. The molecule has 2 fully saturated rings. The number of hydrogen-bond donors (Lipinski definition) is 2. The predicted molar refractivity (Wildman–Crippen MR) is 141 cm³/mol. The molecule has 0 aliphatic heterocycles. The molecular weight excluding hydrogens is 569 g/mol. The number of benzene rings is 2. The number of sulfone groups is 1. The zero-order valence-electron chi connectivity index (χ0n) is 21.1. The van der Waals surface area contributed by atoms with Gasteiger partial charge in [-0.1, -0.05) is 17.7 Å². The van der Waals surface area contributed by atoms with Crippen molar-refractivity contribution in [2.45, 2.75) is 48.0 Å². The van der Waals surface area contributed by atoms with Crippen LogP contribution in [0, 0.1) is 29.3 Å². The Morgan fingerprint density at radius 3 is 2.58 bits per heavy atom. The van der Waals surface area contributed by atoms with Gasteiger partial charge in [0, 0.05) is 41.7 Å². The molecule has 7 nitrogen and oxygen atoms in total. The first-order chi connectivity index (χ1) is 19.0. The fourth-order valence-corrected chi connectivity index (χ4v) is 8.84. The first-order valence-corrected chi connectivity index (χ1v) is 14.6. The second-order valence-electron chi connectivity index (χ2n) is 10.3. The van der Waals surface area contributed by atoms with Gasteiger partial charge in [-0.25, -0.2) is 21.6 Å². The Labute approximate surface area is 234 Å². The van der Waals surface area contributed by atoms with Crippen molar-refractivity contribution >= 4 is 33.0 Å². The number of amides is 1. The van der Waals surface area contributed by atoms with Crippen LogP contribution < -0.4 is 5.32 Å². The summed E-state index contributed by atoms with van der Waals surface area (Å²) >= 11 is 6.32. The van der Waals surface area contributed by atoms with Crippen molar-refractivity contribution in [2.24, 2.45) is 11.8 Å². The topological polar surface area (TPSA) is 106 Å². The van der Waals surface area contributed by atoms with Crippen LogP contribution in [0.3, 0.4) is 0 Å². The van der Waals surface area contributed by atoms with Crippen LogP contribution >= 0.6 is 11.6 Å². The Balaban J connectivity index is 1.37. The maximum absolute atomic E-state index is 14.0. The quantitative estimate of drug-likeness (QED) is 0.342. The van der Waals surface area contributed by atoms with E-state index < -0.39 is 50.0 Å². The highest BCUT2D eigenvalue weighted by Crippen LogP contribution is 2.52. The Bertz CT molecular complexity index is 1520. The summed E-state index contributed by atoms with van der Waals surface area (Å²) in [6.07, 6.45) is 5.26. The molecule has 2 bridgehead atoms. The molecule has 212 valence electrons. The SMILES string of the molecule is O=C(Nc1cc(F)c(F)c(F)c1)c1ccc(Cl)c(S(=O)(=O)[C@@H]2C3CCC2[C@](O)(COCc2cccnc2)CC3)c1. The number of carbonyl (C=O) groups excluding carboxylic acids is 1. The van der Waals surface area contributed by atoms with Crippen molar-refractivity contribution in [3.8, 4) is 0 Å². The monoisotopic (exact) mass is 594 g/mol. The van der Waals surface area contributed by atoms with Gasteiger partial charge >= 0.3 is 0 Å². The zero-order valence-corrected chi connectivity index (χ0v) is 22.7. The number of pyridine rings is 1. The highest BCUT2D eigenvalue weighted by atomic mass is 35.5. The Kier molecular flexibility index (Phi) is 7.93. The molecule has 2 N–H and O–H groups in total. The van der Waals surface area contributed by atoms with E-state index in [1.165, 1.54) is 12.1 Å². The summed E-state index contributed by atoms with van der Waals surface area (Å²) in [4.78, 5) is 16.6. The third-order valence-electron chi connectivity index (χ3n) is 7.79. The van der Waals surface area contributed by atoms with Crippen molar-refractivity contribution in [1.82, 2.24) is 4.98 Å². The first kappa shape index (κ1) is 28.5. The van der Waals surface area contributed by atoms with E-state index in [0.29, 0.717) is 37.8 Å². The largest absolute Gasteiger partial charge is 0.387 e. The molecule has 0 radical (unpaired) electrons. The van der Waals surface area contributed by atoms with Crippen LogP contribution in [0.4, 0.5) is 18.9 Å². The highest BCUT2D eigenvalue weighted by Gasteiger charge is 2.57. The van der Waals surface area contributed by atoms with Gasteiger partial charge in [-0.2, -0.15) is 0 Å². The molecular formula is C28H26ClF3N2O5S. The molecule has 40 heavy (non-hydrogen) atoms. The minimum Gasteiger partial charge on any atom is -0.387 e. The van der Waals surface area contributed by atoms with Gasteiger partial charge in [0.25, 0.3) is 5.91 Å². The molecule has 0 spiro atoms. The van der Waals surface area contributed by atoms with Crippen molar-refractivity contribution < 1.29 is 36.2 Å². The van der Waals surface area contributed by atoms with Crippen LogP contribution in [0.1, 0.15) is 41.6 Å². The maximum atomic E-state index is 14.0. The van der Waals surface area contributed by atoms with E-state index in [2.05, 4.69) is 10.3 Å². The predicted octanol–water partition coefficient (Wildman–Crippen LogP) is 5.31. The molecule has 2 aliphatic rings. The van der Waals surface area contributed by atoms with Gasteiger partial charge in [0.1, 0.15) is 0 Å². The van der Waals surface area contributed by atoms with Crippen molar-refractivity contribution in [1.29, 1.82) is 0 Å². The molecule has 1 amide bonds. The minimum atomic E-state index is -4.13. The van der Waals surface area contributed by atoms with Gasteiger partial charge in [0.2, 0.25) is 0 Å². The maximum Gasteiger partial charge on any atom is 0.255 e. The molecule has 2 unspecified atom stereocenters. The number of nitrogens with zero attached hydrogens (tertiary/aromatic N) is 1. The third kappa shape index (κ3) is 5.47. The lowest BCUT2D eigenvalue weighted by Gasteiger charge is -2.42. The van der Waals surface area contributed by atoms with Gasteiger partial charge in [0.05, 0.1) is 34.0 Å². The number of anilines is 1. The highest BCUT2D eigenvalue weighted by molar-refractivity contribution is 7.92.